The summed E-state index contributed by atoms with van der Waals surface area (Å²) in [4.78, 5) is 52.0. The quantitative estimate of drug-likeness (QED) is 0.271. The Morgan fingerprint density at radius 2 is 1.68 bits per heavy atom. The van der Waals surface area contributed by atoms with Crippen LogP contribution in [0, 0.1) is 5.82 Å². The summed E-state index contributed by atoms with van der Waals surface area (Å²) in [5, 5.41) is 15.0. The number of halogens is 1. The van der Waals surface area contributed by atoms with Gasteiger partial charge >= 0.3 is 6.03 Å². The molecule has 0 saturated carbocycles. The molecule has 3 heterocycles. The van der Waals surface area contributed by atoms with Crippen LogP contribution in [0.3, 0.4) is 0 Å². The number of ether oxygens (including phenoxy) is 2. The average molecular weight is 688 g/mol. The van der Waals surface area contributed by atoms with Crippen molar-refractivity contribution >= 4 is 34.2 Å². The van der Waals surface area contributed by atoms with Crippen molar-refractivity contribution in [2.75, 3.05) is 75.3 Å². The van der Waals surface area contributed by atoms with Gasteiger partial charge in [0.05, 0.1) is 62.6 Å². The van der Waals surface area contributed by atoms with Gasteiger partial charge in [0.2, 0.25) is 5.91 Å². The highest BCUT2D eigenvalue weighted by Gasteiger charge is 2.33. The summed E-state index contributed by atoms with van der Waals surface area (Å²) in [6.45, 7) is 4.92. The second-order valence-corrected chi connectivity index (χ2v) is 12.5. The first-order valence-corrected chi connectivity index (χ1v) is 16.7. The summed E-state index contributed by atoms with van der Waals surface area (Å²) in [7, 11) is 3.01. The molecular formula is C36H42FN7O6. The molecule has 0 radical (unpaired) electrons. The molecule has 2 aliphatic rings. The smallest absolute Gasteiger partial charge is 0.327 e. The van der Waals surface area contributed by atoms with E-state index in [2.05, 4.69) is 10.2 Å². The molecule has 4 aromatic rings. The molecule has 1 unspecified atom stereocenters. The minimum atomic E-state index is -0.843. The van der Waals surface area contributed by atoms with E-state index in [1.54, 1.807) is 54.3 Å². The topological polar surface area (TPSA) is 133 Å². The fraction of sp³-hybridized carbons (Fsp3) is 0.389. The van der Waals surface area contributed by atoms with E-state index in [1.165, 1.54) is 48.1 Å². The minimum Gasteiger partial charge on any atom is -0.497 e. The third-order valence-corrected chi connectivity index (χ3v) is 9.31. The Morgan fingerprint density at radius 3 is 2.36 bits per heavy atom. The Morgan fingerprint density at radius 1 is 0.980 bits per heavy atom. The fourth-order valence-corrected chi connectivity index (χ4v) is 6.51. The van der Waals surface area contributed by atoms with Crippen LogP contribution in [-0.4, -0.2) is 103 Å². The van der Waals surface area contributed by atoms with Crippen LogP contribution in [0.25, 0.3) is 10.9 Å². The second-order valence-electron chi connectivity index (χ2n) is 12.5. The molecule has 1 aromatic heterocycles. The van der Waals surface area contributed by atoms with Crippen molar-refractivity contribution in [1.29, 1.82) is 0 Å². The third-order valence-electron chi connectivity index (χ3n) is 9.31. The van der Waals surface area contributed by atoms with Crippen LogP contribution >= 0.6 is 0 Å². The van der Waals surface area contributed by atoms with Gasteiger partial charge in [-0.25, -0.2) is 18.8 Å². The van der Waals surface area contributed by atoms with Crippen molar-refractivity contribution in [3.05, 3.63) is 88.7 Å². The molecule has 0 bridgehead atoms. The van der Waals surface area contributed by atoms with Crippen molar-refractivity contribution in [3.8, 4) is 11.5 Å². The van der Waals surface area contributed by atoms with Gasteiger partial charge in [-0.1, -0.05) is 12.1 Å². The summed E-state index contributed by atoms with van der Waals surface area (Å²) in [5.74, 6) is 0.725. The van der Waals surface area contributed by atoms with E-state index in [1.807, 2.05) is 5.01 Å². The van der Waals surface area contributed by atoms with E-state index in [0.29, 0.717) is 91.7 Å². The number of urea groups is 1. The predicted molar refractivity (Wildman–Crippen MR) is 188 cm³/mol. The number of hydrogen-bond donors (Lipinski definition) is 2. The van der Waals surface area contributed by atoms with E-state index >= 15 is 0 Å². The number of aliphatic hydroxyl groups excluding tert-OH is 1. The molecule has 1 atom stereocenters. The summed E-state index contributed by atoms with van der Waals surface area (Å²) >= 11 is 0. The maximum atomic E-state index is 14.3. The number of fused-ring (bicyclic) bond motifs is 1. The van der Waals surface area contributed by atoms with Crippen molar-refractivity contribution in [2.24, 2.45) is 0 Å². The van der Waals surface area contributed by atoms with Crippen LogP contribution in [0.15, 0.2) is 71.5 Å². The van der Waals surface area contributed by atoms with Crippen LogP contribution in [0.2, 0.25) is 0 Å². The Hall–Kier alpha value is -5.21. The SMILES string of the molecule is COc1ccc(N(C(=O)Nc2ccc(F)cc2)C(C)c2nc3ccccc3c(=O)n2N2CCN(C(=O)CN3CCC(O)CC3)CC2)c(OC)c1. The van der Waals surface area contributed by atoms with Gasteiger partial charge in [0.1, 0.15) is 17.3 Å². The highest BCUT2D eigenvalue weighted by Crippen LogP contribution is 2.37. The van der Waals surface area contributed by atoms with E-state index in [9.17, 15) is 23.9 Å². The number of aliphatic hydroxyl groups is 1. The van der Waals surface area contributed by atoms with E-state index < -0.39 is 17.9 Å². The van der Waals surface area contributed by atoms with Gasteiger partial charge in [-0.2, -0.15) is 0 Å². The number of carbonyl (C=O) groups excluding carboxylic acids is 2. The number of likely N-dealkylation sites (tertiary alicyclic amines) is 1. The number of nitrogens with zero attached hydrogens (tertiary/aromatic N) is 6. The van der Waals surface area contributed by atoms with Gasteiger partial charge in [-0.15, -0.1) is 0 Å². The lowest BCUT2D eigenvalue weighted by Gasteiger charge is -2.40. The van der Waals surface area contributed by atoms with E-state index in [0.717, 1.165) is 0 Å². The maximum absolute atomic E-state index is 14.3. The number of piperazine rings is 1. The molecular weight excluding hydrogens is 645 g/mol. The van der Waals surface area contributed by atoms with Crippen molar-refractivity contribution in [1.82, 2.24) is 19.5 Å². The molecule has 3 aromatic carbocycles. The molecule has 2 aliphatic heterocycles. The third kappa shape index (κ3) is 7.36. The monoisotopic (exact) mass is 687 g/mol. The number of para-hydroxylation sites is 1. The largest absolute Gasteiger partial charge is 0.497 e. The second kappa shape index (κ2) is 15.1. The number of hydrogen-bond acceptors (Lipinski definition) is 9. The molecule has 2 saturated heterocycles. The number of methoxy groups -OCH3 is 2. The zero-order chi connectivity index (χ0) is 35.4. The summed E-state index contributed by atoms with van der Waals surface area (Å²) in [5.41, 5.74) is 0.919. The molecule has 3 amide bonds. The van der Waals surface area contributed by atoms with E-state index in [-0.39, 0.29) is 24.1 Å². The van der Waals surface area contributed by atoms with Crippen molar-refractivity contribution < 1.29 is 28.6 Å². The van der Waals surface area contributed by atoms with Crippen LogP contribution < -0.4 is 30.3 Å². The maximum Gasteiger partial charge on any atom is 0.327 e. The van der Waals surface area contributed by atoms with Gasteiger partial charge in [0.15, 0.2) is 5.82 Å². The van der Waals surface area contributed by atoms with Gasteiger partial charge in [0.25, 0.3) is 5.56 Å². The number of amides is 3. The summed E-state index contributed by atoms with van der Waals surface area (Å²) in [6, 6.07) is 16.1. The Balaban J connectivity index is 1.35. The number of benzene rings is 3. The number of aromatic nitrogens is 2. The number of piperidine rings is 1. The van der Waals surface area contributed by atoms with Crippen LogP contribution in [0.1, 0.15) is 31.6 Å². The summed E-state index contributed by atoms with van der Waals surface area (Å²) in [6.07, 6.45) is 0.994. The minimum absolute atomic E-state index is 0.00820. The van der Waals surface area contributed by atoms with Crippen molar-refractivity contribution in [3.63, 3.8) is 0 Å². The Labute approximate surface area is 289 Å². The van der Waals surface area contributed by atoms with E-state index in [4.69, 9.17) is 14.5 Å². The van der Waals surface area contributed by atoms with Crippen molar-refractivity contribution in [2.45, 2.75) is 31.9 Å². The molecule has 14 heteroatoms. The number of anilines is 2. The van der Waals surface area contributed by atoms with Gasteiger partial charge < -0.3 is 29.8 Å². The van der Waals surface area contributed by atoms with Gasteiger partial charge in [0, 0.05) is 37.9 Å². The number of carbonyl (C=O) groups is 2. The van der Waals surface area contributed by atoms with Crippen LogP contribution in [0.5, 0.6) is 11.5 Å². The summed E-state index contributed by atoms with van der Waals surface area (Å²) < 4.78 is 26.3. The first-order valence-electron chi connectivity index (χ1n) is 16.7. The Bertz CT molecular complexity index is 1890. The molecule has 0 spiro atoms. The van der Waals surface area contributed by atoms with Gasteiger partial charge in [-0.3, -0.25) is 19.4 Å². The normalized spacial score (nSPS) is 16.3. The predicted octanol–water partition coefficient (Wildman–Crippen LogP) is 3.59. The standard InChI is InChI=1S/C36H42FN7O6/c1-24(43(31-13-12-28(49-2)22-32(31)50-3)36(48)38-26-10-8-25(37)9-11-26)34-39-30-7-5-4-6-29(30)35(47)44(34)42-20-18-41(19-21-42)33(46)23-40-16-14-27(45)15-17-40/h4-13,22,24,27,45H,14-21,23H2,1-3H3,(H,38,48). The first-order chi connectivity index (χ1) is 24.2. The lowest BCUT2D eigenvalue weighted by Crippen LogP contribution is -2.58. The lowest BCUT2D eigenvalue weighted by atomic mass is 10.1. The molecule has 6 rings (SSSR count). The Kier molecular flexibility index (Phi) is 10.5. The zero-order valence-corrected chi connectivity index (χ0v) is 28.4. The first kappa shape index (κ1) is 34.6. The zero-order valence-electron chi connectivity index (χ0n) is 28.4. The number of nitrogens with one attached hydrogen (secondary N) is 1. The van der Waals surface area contributed by atoms with Crippen LogP contribution in [0.4, 0.5) is 20.6 Å². The highest BCUT2D eigenvalue weighted by atomic mass is 19.1. The highest BCUT2D eigenvalue weighted by molar-refractivity contribution is 6.03. The molecule has 264 valence electrons. The molecule has 0 aliphatic carbocycles. The van der Waals surface area contributed by atoms with Crippen LogP contribution in [-0.2, 0) is 4.79 Å². The average Bonchev–Trinajstić information content (AvgIpc) is 3.13. The lowest BCUT2D eigenvalue weighted by molar-refractivity contribution is -0.133. The molecule has 2 N–H and O–H groups in total. The molecule has 2 fully saturated rings. The van der Waals surface area contributed by atoms with Gasteiger partial charge in [-0.05, 0) is 68.3 Å². The fourth-order valence-electron chi connectivity index (χ4n) is 6.51. The molecule has 13 nitrogen and oxygen atoms in total. The number of rotatable bonds is 9. The molecule has 50 heavy (non-hydrogen) atoms.